The molecule has 8 heteroatoms. The second kappa shape index (κ2) is 10.1. The van der Waals surface area contributed by atoms with E-state index in [1.54, 1.807) is 0 Å². The Labute approximate surface area is 177 Å². The number of hydrogen-bond donors (Lipinski definition) is 2. The first-order chi connectivity index (χ1) is 13.5. The predicted molar refractivity (Wildman–Crippen MR) is 117 cm³/mol. The molecule has 0 fully saturated rings. The number of aliphatic hydroxyl groups excluding tert-OH is 1. The van der Waals surface area contributed by atoms with E-state index in [1.165, 1.54) is 18.0 Å². The summed E-state index contributed by atoms with van der Waals surface area (Å²) in [5.74, 6) is 0.139. The van der Waals surface area contributed by atoms with Gasteiger partial charge < -0.3 is 10.4 Å². The fourth-order valence-electron chi connectivity index (χ4n) is 2.77. The number of aliphatic hydroxyl groups is 1. The largest absolute Gasteiger partial charge is 0.380 e. The molecule has 5 nitrogen and oxygen atoms in total. The van der Waals surface area contributed by atoms with Gasteiger partial charge in [0, 0.05) is 22.5 Å². The van der Waals surface area contributed by atoms with Crippen LogP contribution in [0, 0.1) is 0 Å². The lowest BCUT2D eigenvalue weighted by Crippen LogP contribution is -2.31. The maximum Gasteiger partial charge on any atom is 0.230 e. The highest BCUT2D eigenvalue weighted by atomic mass is 35.5. The third-order valence-electron chi connectivity index (χ3n) is 4.25. The van der Waals surface area contributed by atoms with E-state index in [0.717, 1.165) is 17.5 Å². The van der Waals surface area contributed by atoms with Crippen molar-refractivity contribution in [2.24, 2.45) is 10.2 Å². The predicted octanol–water partition coefficient (Wildman–Crippen LogP) is 3.93. The molecule has 28 heavy (non-hydrogen) atoms. The first-order valence-corrected chi connectivity index (χ1v) is 10.4. The minimum absolute atomic E-state index is 0.0881. The normalized spacial score (nSPS) is 16.7. The Hall–Kier alpha value is -1.86. The molecule has 1 unspecified atom stereocenters. The van der Waals surface area contributed by atoms with E-state index in [9.17, 15) is 9.90 Å². The maximum absolute atomic E-state index is 12.2. The fraction of sp³-hybridized carbons (Fsp3) is 0.250. The van der Waals surface area contributed by atoms with Crippen molar-refractivity contribution in [1.29, 1.82) is 0 Å². The van der Waals surface area contributed by atoms with E-state index in [1.807, 2.05) is 48.5 Å². The van der Waals surface area contributed by atoms with Crippen molar-refractivity contribution in [1.82, 2.24) is 5.32 Å². The van der Waals surface area contributed by atoms with Crippen LogP contribution in [0.25, 0.3) is 0 Å². The molecule has 1 aliphatic heterocycles. The van der Waals surface area contributed by atoms with Gasteiger partial charge in [0.05, 0.1) is 12.0 Å². The van der Waals surface area contributed by atoms with Gasteiger partial charge in [-0.2, -0.15) is 5.10 Å². The van der Waals surface area contributed by atoms with Crippen LogP contribution in [-0.2, 0) is 11.2 Å². The maximum atomic E-state index is 12.2. The minimum Gasteiger partial charge on any atom is -0.380 e. The Morgan fingerprint density at radius 1 is 1.11 bits per heavy atom. The molecular formula is C20H19Cl2N3O2S. The Balaban J connectivity index is 1.60. The smallest absolute Gasteiger partial charge is 0.230 e. The van der Waals surface area contributed by atoms with Crippen LogP contribution >= 0.6 is 35.0 Å². The van der Waals surface area contributed by atoms with Crippen LogP contribution in [0.2, 0.25) is 10.0 Å². The second-order valence-corrected chi connectivity index (χ2v) is 8.19. The number of nitrogens with one attached hydrogen (secondary N) is 1. The molecule has 2 atom stereocenters. The molecule has 1 aliphatic rings. The SMILES string of the molecule is O=C(CSC1=NN=CC1O)NC[C@H](Cc1ccc(Cl)cc1)c1ccc(Cl)cc1. The number of nitrogens with zero attached hydrogens (tertiary/aromatic N) is 2. The topological polar surface area (TPSA) is 74.0 Å². The highest BCUT2D eigenvalue weighted by Gasteiger charge is 2.18. The molecule has 2 aromatic carbocycles. The summed E-state index contributed by atoms with van der Waals surface area (Å²) in [4.78, 5) is 12.2. The molecule has 0 aromatic heterocycles. The lowest BCUT2D eigenvalue weighted by atomic mass is 9.92. The average molecular weight is 436 g/mol. The van der Waals surface area contributed by atoms with Crippen molar-refractivity contribution in [2.45, 2.75) is 18.4 Å². The molecule has 1 heterocycles. The molecule has 0 radical (unpaired) electrons. The molecule has 0 saturated carbocycles. The Morgan fingerprint density at radius 2 is 1.75 bits per heavy atom. The summed E-state index contributed by atoms with van der Waals surface area (Å²) in [6, 6.07) is 15.4. The minimum atomic E-state index is -0.815. The Bertz CT molecular complexity index is 870. The van der Waals surface area contributed by atoms with Crippen molar-refractivity contribution in [3.63, 3.8) is 0 Å². The quantitative estimate of drug-likeness (QED) is 0.691. The van der Waals surface area contributed by atoms with Gasteiger partial charge in [-0.15, -0.1) is 5.10 Å². The van der Waals surface area contributed by atoms with Crippen LogP contribution in [0.5, 0.6) is 0 Å². The van der Waals surface area contributed by atoms with E-state index in [2.05, 4.69) is 15.5 Å². The second-order valence-electron chi connectivity index (χ2n) is 6.32. The number of halogens is 2. The molecule has 0 spiro atoms. The molecule has 0 saturated heterocycles. The standard InChI is InChI=1S/C20H19Cl2N3O2S/c21-16-5-1-13(2-6-16)9-15(14-3-7-17(22)8-4-14)10-23-19(27)12-28-20-18(26)11-24-25-20/h1-8,11,15,18,26H,9-10,12H2,(H,23,27)/t15-,18?/m0/s1. The van der Waals surface area contributed by atoms with Crippen LogP contribution < -0.4 is 5.32 Å². The van der Waals surface area contributed by atoms with E-state index < -0.39 is 6.10 Å². The summed E-state index contributed by atoms with van der Waals surface area (Å²) < 4.78 is 0. The Morgan fingerprint density at radius 3 is 2.36 bits per heavy atom. The molecule has 3 rings (SSSR count). The fourth-order valence-corrected chi connectivity index (χ4v) is 3.74. The van der Waals surface area contributed by atoms with E-state index in [-0.39, 0.29) is 17.6 Å². The molecule has 146 valence electrons. The lowest BCUT2D eigenvalue weighted by molar-refractivity contribution is -0.118. The molecule has 2 aromatic rings. The average Bonchev–Trinajstić information content (AvgIpc) is 3.10. The number of carbonyl (C=O) groups is 1. The summed E-state index contributed by atoms with van der Waals surface area (Å²) in [6.07, 6.45) is 1.28. The molecule has 0 bridgehead atoms. The van der Waals surface area contributed by atoms with Gasteiger partial charge in [0.15, 0.2) is 0 Å². The number of rotatable bonds is 7. The molecule has 0 aliphatic carbocycles. The first-order valence-electron chi connectivity index (χ1n) is 8.70. The van der Waals surface area contributed by atoms with Gasteiger partial charge in [-0.1, -0.05) is 59.2 Å². The third kappa shape index (κ3) is 6.07. The summed E-state index contributed by atoms with van der Waals surface area (Å²) >= 11 is 13.2. The van der Waals surface area contributed by atoms with Gasteiger partial charge in [0.1, 0.15) is 11.1 Å². The summed E-state index contributed by atoms with van der Waals surface area (Å²) in [6.45, 7) is 0.481. The zero-order valence-electron chi connectivity index (χ0n) is 14.9. The highest BCUT2D eigenvalue weighted by Crippen LogP contribution is 2.23. The van der Waals surface area contributed by atoms with E-state index in [0.29, 0.717) is 21.6 Å². The number of amides is 1. The van der Waals surface area contributed by atoms with Crippen molar-refractivity contribution in [3.8, 4) is 0 Å². The number of hydrogen-bond acceptors (Lipinski definition) is 5. The first kappa shape index (κ1) is 20.9. The van der Waals surface area contributed by atoms with Crippen molar-refractivity contribution in [2.75, 3.05) is 12.3 Å². The number of thioether (sulfide) groups is 1. The third-order valence-corrected chi connectivity index (χ3v) is 5.78. The summed E-state index contributed by atoms with van der Waals surface area (Å²) in [5, 5.41) is 21.8. The van der Waals surface area contributed by atoms with Gasteiger partial charge in [-0.3, -0.25) is 4.79 Å². The van der Waals surface area contributed by atoms with Crippen LogP contribution in [0.1, 0.15) is 17.0 Å². The summed E-state index contributed by atoms with van der Waals surface area (Å²) in [7, 11) is 0. The molecular weight excluding hydrogens is 417 g/mol. The van der Waals surface area contributed by atoms with Gasteiger partial charge >= 0.3 is 0 Å². The Kier molecular flexibility index (Phi) is 7.50. The van der Waals surface area contributed by atoms with Gasteiger partial charge in [0.25, 0.3) is 0 Å². The highest BCUT2D eigenvalue weighted by molar-refractivity contribution is 8.14. The zero-order chi connectivity index (χ0) is 19.9. The van der Waals surface area contributed by atoms with Gasteiger partial charge in [-0.05, 0) is 41.8 Å². The van der Waals surface area contributed by atoms with E-state index >= 15 is 0 Å². The number of benzene rings is 2. The molecule has 1 amide bonds. The number of carbonyl (C=O) groups excluding carboxylic acids is 1. The van der Waals surface area contributed by atoms with Gasteiger partial charge in [-0.25, -0.2) is 0 Å². The van der Waals surface area contributed by atoms with E-state index in [4.69, 9.17) is 23.2 Å². The molecule has 2 N–H and O–H groups in total. The zero-order valence-corrected chi connectivity index (χ0v) is 17.2. The van der Waals surface area contributed by atoms with Crippen molar-refractivity contribution in [3.05, 3.63) is 69.7 Å². The van der Waals surface area contributed by atoms with Crippen LogP contribution in [-0.4, -0.2) is 40.7 Å². The lowest BCUT2D eigenvalue weighted by Gasteiger charge is -2.19. The van der Waals surface area contributed by atoms with Crippen molar-refractivity contribution >= 4 is 52.1 Å². The van der Waals surface area contributed by atoms with Gasteiger partial charge in [0.2, 0.25) is 5.91 Å². The van der Waals surface area contributed by atoms with Crippen LogP contribution in [0.3, 0.4) is 0 Å². The van der Waals surface area contributed by atoms with Crippen LogP contribution in [0.15, 0.2) is 58.7 Å². The van der Waals surface area contributed by atoms with Crippen LogP contribution in [0.4, 0.5) is 0 Å². The van der Waals surface area contributed by atoms with Crippen molar-refractivity contribution < 1.29 is 9.90 Å². The monoisotopic (exact) mass is 435 g/mol. The summed E-state index contributed by atoms with van der Waals surface area (Å²) in [5.41, 5.74) is 2.23.